The molecule has 0 aliphatic carbocycles. The molecule has 0 radical (unpaired) electrons. The number of ether oxygens (including phenoxy) is 2. The molecule has 0 saturated carbocycles. The van der Waals surface area contributed by atoms with E-state index in [0.717, 1.165) is 10.8 Å². The Labute approximate surface area is 222 Å². The van der Waals surface area contributed by atoms with Crippen molar-refractivity contribution in [3.05, 3.63) is 90.0 Å². The molecule has 4 rings (SSSR count). The van der Waals surface area contributed by atoms with Gasteiger partial charge in [0, 0.05) is 26.8 Å². The lowest BCUT2D eigenvalue weighted by Gasteiger charge is -2.05. The summed E-state index contributed by atoms with van der Waals surface area (Å²) in [5.74, 6) is -0.771. The first-order valence-electron chi connectivity index (χ1n) is 10.0. The molecule has 0 aliphatic rings. The highest BCUT2D eigenvalue weighted by atomic mass is 35.7. The van der Waals surface area contributed by atoms with Crippen molar-refractivity contribution in [2.45, 2.75) is 4.90 Å². The van der Waals surface area contributed by atoms with Crippen LogP contribution in [-0.2, 0) is 27.9 Å². The number of rotatable bonds is 3. The van der Waals surface area contributed by atoms with Crippen molar-refractivity contribution >= 4 is 73.2 Å². The second kappa shape index (κ2) is 12.8. The Morgan fingerprint density at radius 2 is 1.14 bits per heavy atom. The van der Waals surface area contributed by atoms with Crippen molar-refractivity contribution < 1.29 is 40.5 Å². The van der Waals surface area contributed by atoms with Gasteiger partial charge in [0.2, 0.25) is 0 Å². The van der Waals surface area contributed by atoms with Crippen molar-refractivity contribution in [2.75, 3.05) is 14.2 Å². The van der Waals surface area contributed by atoms with Crippen LogP contribution in [0, 0.1) is 0 Å². The van der Waals surface area contributed by atoms with Crippen LogP contribution in [0.3, 0.4) is 0 Å². The molecule has 13 heteroatoms. The summed E-state index contributed by atoms with van der Waals surface area (Å²) in [7, 11) is 4.07. The van der Waals surface area contributed by atoms with Crippen molar-refractivity contribution in [2.24, 2.45) is 0 Å². The van der Waals surface area contributed by atoms with E-state index >= 15 is 0 Å². The SMILES string of the molecule is COC(=O)c1ccc2c(S(=O)(=O)Cl)cccc2c1.COC(=O)c1ccc2ccccc2c1.O=S(=O)(O)Cl. The lowest BCUT2D eigenvalue weighted by atomic mass is 10.1. The molecule has 196 valence electrons. The van der Waals surface area contributed by atoms with Gasteiger partial charge in [-0.3, -0.25) is 4.55 Å². The molecule has 0 unspecified atom stereocenters. The molecule has 0 spiro atoms. The molecule has 0 amide bonds. The minimum Gasteiger partial charge on any atom is -0.465 e. The number of carbonyl (C=O) groups excluding carboxylic acids is 2. The van der Waals surface area contributed by atoms with Gasteiger partial charge in [-0.25, -0.2) is 18.0 Å². The van der Waals surface area contributed by atoms with E-state index in [1.807, 2.05) is 36.4 Å². The molecule has 4 aromatic carbocycles. The maximum atomic E-state index is 11.4. The third-order valence-corrected chi connectivity index (χ3v) is 6.07. The largest absolute Gasteiger partial charge is 0.465 e. The number of hydrogen-bond donors (Lipinski definition) is 1. The van der Waals surface area contributed by atoms with Gasteiger partial charge in [-0.1, -0.05) is 48.5 Å². The lowest BCUT2D eigenvalue weighted by Crippen LogP contribution is -2.01. The standard InChI is InChI=1S/C12H9ClO4S.C12H10O2.ClHO3S/c1-17-12(14)9-5-6-10-8(7-9)3-2-4-11(10)18(13,15)16;1-14-12(13)11-7-6-9-4-2-3-5-10(9)8-11;1-5(2,3)4/h2-7H,1H3;2-8H,1H3;(H,2,3,4). The monoisotopic (exact) mass is 586 g/mol. The summed E-state index contributed by atoms with van der Waals surface area (Å²) in [4.78, 5) is 22.6. The fourth-order valence-corrected chi connectivity index (χ4v) is 4.24. The van der Waals surface area contributed by atoms with Gasteiger partial charge in [-0.2, -0.15) is 8.42 Å². The Hall–Kier alpha value is -3.22. The van der Waals surface area contributed by atoms with E-state index in [4.69, 9.17) is 23.7 Å². The van der Waals surface area contributed by atoms with Crippen molar-refractivity contribution in [3.8, 4) is 0 Å². The number of fused-ring (bicyclic) bond motifs is 2. The first kappa shape index (κ1) is 30.0. The van der Waals surface area contributed by atoms with Crippen LogP contribution >= 0.6 is 21.4 Å². The molecule has 0 bridgehead atoms. The summed E-state index contributed by atoms with van der Waals surface area (Å²) in [6.45, 7) is 0. The zero-order valence-corrected chi connectivity index (χ0v) is 22.4. The summed E-state index contributed by atoms with van der Waals surface area (Å²) >= 11 is 0. The molecule has 0 heterocycles. The third-order valence-electron chi connectivity index (χ3n) is 4.69. The summed E-state index contributed by atoms with van der Waals surface area (Å²) in [6, 6.07) is 22.7. The summed E-state index contributed by atoms with van der Waals surface area (Å²) in [5.41, 5.74) is 0.945. The summed E-state index contributed by atoms with van der Waals surface area (Å²) in [5, 5.41) is 3.26. The number of esters is 2. The van der Waals surface area contributed by atoms with Crippen molar-refractivity contribution in [1.82, 2.24) is 0 Å². The predicted molar refractivity (Wildman–Crippen MR) is 141 cm³/mol. The molecular formula is C24H20Cl2O9S2. The van der Waals surface area contributed by atoms with Gasteiger partial charge in [-0.15, -0.1) is 0 Å². The molecule has 37 heavy (non-hydrogen) atoms. The second-order valence-electron chi connectivity index (χ2n) is 7.09. The third kappa shape index (κ3) is 9.30. The average molecular weight is 587 g/mol. The predicted octanol–water partition coefficient (Wildman–Crippen LogP) is 5.21. The average Bonchev–Trinajstić information content (AvgIpc) is 2.85. The summed E-state index contributed by atoms with van der Waals surface area (Å²) < 4.78 is 57.2. The maximum Gasteiger partial charge on any atom is 0.353 e. The van der Waals surface area contributed by atoms with Crippen LogP contribution in [0.15, 0.2) is 83.8 Å². The number of hydrogen-bond acceptors (Lipinski definition) is 8. The van der Waals surface area contributed by atoms with E-state index in [9.17, 15) is 18.0 Å². The summed E-state index contributed by atoms with van der Waals surface area (Å²) in [6.07, 6.45) is 0. The molecule has 0 aromatic heterocycles. The van der Waals surface area contributed by atoms with Crippen LogP contribution in [-0.4, -0.2) is 47.5 Å². The maximum absolute atomic E-state index is 11.4. The van der Waals surface area contributed by atoms with Crippen LogP contribution < -0.4 is 0 Å². The fraction of sp³-hybridized carbons (Fsp3) is 0.0833. The van der Waals surface area contributed by atoms with Crippen molar-refractivity contribution in [1.29, 1.82) is 0 Å². The Bertz CT molecular complexity index is 1640. The Balaban J connectivity index is 0.000000225. The lowest BCUT2D eigenvalue weighted by molar-refractivity contribution is 0.0592. The highest BCUT2D eigenvalue weighted by Crippen LogP contribution is 2.26. The quantitative estimate of drug-likeness (QED) is 0.194. The molecule has 0 fully saturated rings. The van der Waals surface area contributed by atoms with Crippen LogP contribution in [0.1, 0.15) is 20.7 Å². The van der Waals surface area contributed by atoms with E-state index in [2.05, 4.69) is 20.2 Å². The molecular weight excluding hydrogens is 567 g/mol. The highest BCUT2D eigenvalue weighted by Gasteiger charge is 2.15. The van der Waals surface area contributed by atoms with Gasteiger partial charge >= 0.3 is 21.3 Å². The van der Waals surface area contributed by atoms with Gasteiger partial charge in [0.1, 0.15) is 0 Å². The van der Waals surface area contributed by atoms with Gasteiger partial charge in [0.25, 0.3) is 9.05 Å². The fourth-order valence-electron chi connectivity index (χ4n) is 3.15. The van der Waals surface area contributed by atoms with Gasteiger partial charge in [-0.05, 0) is 46.5 Å². The number of methoxy groups -OCH3 is 2. The van der Waals surface area contributed by atoms with Gasteiger partial charge < -0.3 is 9.47 Å². The van der Waals surface area contributed by atoms with E-state index in [1.54, 1.807) is 24.3 Å². The number of benzene rings is 4. The van der Waals surface area contributed by atoms with E-state index < -0.39 is 24.4 Å². The molecule has 4 aromatic rings. The normalized spacial score (nSPS) is 10.9. The topological polar surface area (TPSA) is 141 Å². The van der Waals surface area contributed by atoms with E-state index in [0.29, 0.717) is 21.9 Å². The molecule has 0 aliphatic heterocycles. The minimum absolute atomic E-state index is 0.0260. The van der Waals surface area contributed by atoms with E-state index in [1.165, 1.54) is 32.4 Å². The zero-order valence-electron chi connectivity index (χ0n) is 19.3. The van der Waals surface area contributed by atoms with Crippen LogP contribution in [0.25, 0.3) is 21.5 Å². The molecule has 0 saturated heterocycles. The van der Waals surface area contributed by atoms with Gasteiger partial charge in [0.15, 0.2) is 0 Å². The second-order valence-corrected chi connectivity index (χ2v) is 11.6. The molecule has 1 N–H and O–H groups in total. The van der Waals surface area contributed by atoms with Crippen molar-refractivity contribution in [3.63, 3.8) is 0 Å². The first-order chi connectivity index (χ1) is 17.2. The number of halogens is 2. The van der Waals surface area contributed by atoms with Crippen LogP contribution in [0.5, 0.6) is 0 Å². The zero-order chi connectivity index (χ0) is 27.8. The smallest absolute Gasteiger partial charge is 0.353 e. The highest BCUT2D eigenvalue weighted by molar-refractivity contribution is 8.14. The first-order valence-corrected chi connectivity index (χ1v) is 14.6. The Kier molecular flexibility index (Phi) is 10.4. The Morgan fingerprint density at radius 3 is 1.65 bits per heavy atom. The number of carbonyl (C=O) groups is 2. The van der Waals surface area contributed by atoms with Crippen LogP contribution in [0.4, 0.5) is 0 Å². The van der Waals surface area contributed by atoms with Gasteiger partial charge in [0.05, 0.1) is 30.2 Å². The Morgan fingerprint density at radius 1 is 0.676 bits per heavy atom. The molecule has 9 nitrogen and oxygen atoms in total. The molecule has 0 atom stereocenters. The van der Waals surface area contributed by atoms with E-state index in [-0.39, 0.29) is 10.9 Å². The minimum atomic E-state index is -4.19. The van der Waals surface area contributed by atoms with Crippen LogP contribution in [0.2, 0.25) is 0 Å².